The highest BCUT2D eigenvalue weighted by molar-refractivity contribution is 7.99. The third-order valence-corrected chi connectivity index (χ3v) is 13.4. The highest BCUT2D eigenvalue weighted by Crippen LogP contribution is 2.36. The van der Waals surface area contributed by atoms with Crippen molar-refractivity contribution in [1.82, 2.24) is 0 Å². The second-order valence-corrected chi connectivity index (χ2v) is 18.7. The van der Waals surface area contributed by atoms with Crippen LogP contribution in [-0.4, -0.2) is 97.7 Å². The van der Waals surface area contributed by atoms with Gasteiger partial charge in [0, 0.05) is 7.11 Å². The second-order valence-electron chi connectivity index (χ2n) is 17.4. The molecule has 1 N–H and O–H groups in total. The summed E-state index contributed by atoms with van der Waals surface area (Å²) in [5.41, 5.74) is 5.03. The molecule has 2 aliphatic heterocycles. The fourth-order valence-corrected chi connectivity index (χ4v) is 9.62. The summed E-state index contributed by atoms with van der Waals surface area (Å²) in [6.45, 7) is 3.63. The van der Waals surface area contributed by atoms with Crippen molar-refractivity contribution in [2.45, 2.75) is 107 Å². The summed E-state index contributed by atoms with van der Waals surface area (Å²) in [5.74, 6) is 0.0726. The van der Waals surface area contributed by atoms with E-state index in [0.29, 0.717) is 24.5 Å². The summed E-state index contributed by atoms with van der Waals surface area (Å²) in [5, 5.41) is 12.0. The summed E-state index contributed by atoms with van der Waals surface area (Å²) in [6, 6.07) is 56.4. The molecule has 0 amide bonds. The molecule has 0 aliphatic carbocycles. The largest absolute Gasteiger partial charge is 0.452 e. The number of thioether (sulfide) groups is 1. The molecule has 0 radical (unpaired) electrons. The zero-order valence-electron chi connectivity index (χ0n) is 40.2. The molecule has 0 unspecified atom stereocenters. The Morgan fingerprint density at radius 3 is 1.44 bits per heavy atom. The molecule has 0 aromatic heterocycles. The van der Waals surface area contributed by atoms with Crippen LogP contribution in [-0.2, 0) is 87.0 Å². The Kier molecular flexibility index (Phi) is 20.2. The predicted octanol–water partition coefficient (Wildman–Crippen LogP) is 9.50. The molecule has 0 spiro atoms. The number of methoxy groups -OCH3 is 1. The Labute approximate surface area is 421 Å². The quantitative estimate of drug-likeness (QED) is 0.0548. The van der Waals surface area contributed by atoms with Gasteiger partial charge in [-0.2, -0.15) is 0 Å². The molecular weight excluding hydrogens is 921 g/mol. The maximum absolute atomic E-state index is 14.8. The average molecular weight is 985 g/mol. The molecule has 71 heavy (non-hydrogen) atoms. The minimum absolute atomic E-state index is 0.0636. The first-order valence-electron chi connectivity index (χ1n) is 24.2. The number of carbonyl (C=O) groups is 1. The first-order valence-corrected chi connectivity index (χ1v) is 25.3. The fourth-order valence-electron chi connectivity index (χ4n) is 8.67. The van der Waals surface area contributed by atoms with Crippen LogP contribution in [0.2, 0.25) is 0 Å². The van der Waals surface area contributed by atoms with Gasteiger partial charge in [-0.15, -0.1) is 11.8 Å². The molecule has 13 heteroatoms. The lowest BCUT2D eigenvalue weighted by Gasteiger charge is -2.45. The van der Waals surface area contributed by atoms with Crippen LogP contribution in [0.5, 0.6) is 0 Å². The Morgan fingerprint density at radius 2 is 0.930 bits per heavy atom. The van der Waals surface area contributed by atoms with Gasteiger partial charge in [-0.1, -0.05) is 177 Å². The van der Waals surface area contributed by atoms with E-state index in [1.807, 2.05) is 165 Å². The minimum atomic E-state index is -1.19. The lowest BCUT2D eigenvalue weighted by atomic mass is 9.98. The van der Waals surface area contributed by atoms with Crippen molar-refractivity contribution in [3.05, 3.63) is 215 Å². The van der Waals surface area contributed by atoms with Crippen LogP contribution >= 0.6 is 11.8 Å². The topological polar surface area (TPSA) is 130 Å². The third kappa shape index (κ3) is 14.9. The Hall–Kier alpha value is -5.26. The summed E-state index contributed by atoms with van der Waals surface area (Å²) >= 11 is 1.53. The minimum Gasteiger partial charge on any atom is -0.452 e. The van der Waals surface area contributed by atoms with E-state index in [-0.39, 0.29) is 45.2 Å². The maximum Gasteiger partial charge on any atom is 0.338 e. The van der Waals surface area contributed by atoms with Gasteiger partial charge in [0.25, 0.3) is 0 Å². The fraction of sp³-hybridized carbons (Fsp3) is 0.362. The number of ether oxygens (including phenoxy) is 10. The Bertz CT molecular complexity index is 2440. The molecule has 6 aromatic rings. The first kappa shape index (κ1) is 52.1. The summed E-state index contributed by atoms with van der Waals surface area (Å²) in [6.07, 6.45) is -7.70. The molecule has 2 heterocycles. The van der Waals surface area contributed by atoms with E-state index in [2.05, 4.69) is 0 Å². The van der Waals surface area contributed by atoms with Crippen LogP contribution < -0.4 is 0 Å². The lowest BCUT2D eigenvalue weighted by molar-refractivity contribution is -0.315. The van der Waals surface area contributed by atoms with Crippen LogP contribution in [0.4, 0.5) is 0 Å². The van der Waals surface area contributed by atoms with E-state index in [0.717, 1.165) is 27.8 Å². The van der Waals surface area contributed by atoms with Crippen molar-refractivity contribution in [1.29, 1.82) is 0 Å². The van der Waals surface area contributed by atoms with E-state index in [1.54, 1.807) is 18.2 Å². The van der Waals surface area contributed by atoms with Crippen LogP contribution in [0.3, 0.4) is 0 Å². The van der Waals surface area contributed by atoms with Gasteiger partial charge < -0.3 is 52.5 Å². The van der Waals surface area contributed by atoms with Crippen molar-refractivity contribution < 1.29 is 57.3 Å². The Balaban J connectivity index is 1.04. The number of rotatable bonds is 25. The smallest absolute Gasteiger partial charge is 0.338 e. The maximum atomic E-state index is 14.8. The van der Waals surface area contributed by atoms with Gasteiger partial charge in [0.05, 0.1) is 58.4 Å². The molecule has 2 fully saturated rings. The van der Waals surface area contributed by atoms with Crippen LogP contribution in [0.25, 0.3) is 0 Å². The molecule has 0 bridgehead atoms. The highest BCUT2D eigenvalue weighted by Gasteiger charge is 2.51. The van der Waals surface area contributed by atoms with Gasteiger partial charge in [-0.3, -0.25) is 0 Å². The zero-order valence-corrected chi connectivity index (χ0v) is 41.0. The van der Waals surface area contributed by atoms with Crippen molar-refractivity contribution in [2.24, 2.45) is 0 Å². The summed E-state index contributed by atoms with van der Waals surface area (Å²) < 4.78 is 64.7. The van der Waals surface area contributed by atoms with E-state index in [9.17, 15) is 9.90 Å². The van der Waals surface area contributed by atoms with E-state index in [4.69, 9.17) is 47.4 Å². The van der Waals surface area contributed by atoms with Gasteiger partial charge in [0.1, 0.15) is 48.2 Å². The lowest BCUT2D eigenvalue weighted by Crippen LogP contribution is -2.61. The number of hydrogen-bond donors (Lipinski definition) is 1. The number of hydrogen-bond acceptors (Lipinski definition) is 13. The van der Waals surface area contributed by atoms with Gasteiger partial charge in [-0.25, -0.2) is 4.79 Å². The number of esters is 1. The second kappa shape index (κ2) is 27.5. The van der Waals surface area contributed by atoms with Gasteiger partial charge in [0.15, 0.2) is 12.4 Å². The number of aliphatic hydroxyl groups excluding tert-OH is 1. The average Bonchev–Trinajstić information content (AvgIpc) is 3.41. The van der Waals surface area contributed by atoms with Crippen LogP contribution in [0, 0.1) is 0 Å². The van der Waals surface area contributed by atoms with E-state index in [1.165, 1.54) is 18.9 Å². The van der Waals surface area contributed by atoms with Crippen molar-refractivity contribution in [2.75, 3.05) is 26.1 Å². The third-order valence-electron chi connectivity index (χ3n) is 12.3. The van der Waals surface area contributed by atoms with Crippen molar-refractivity contribution >= 4 is 17.7 Å². The molecule has 374 valence electrons. The molecule has 2 aliphatic rings. The summed E-state index contributed by atoms with van der Waals surface area (Å²) in [4.78, 5) is 14.8. The van der Waals surface area contributed by atoms with E-state index >= 15 is 0 Å². The highest BCUT2D eigenvalue weighted by atomic mass is 32.2. The number of aliphatic hydroxyl groups is 1. The standard InChI is InChI=1S/C58H64O12S/c1-3-71-58-55(53(65-36-44-27-15-7-16-28-44)51(64-35-43-25-13-6-14-26-43)49(69-58)40-63-34-42-23-11-5-12-24-42)70-56(60)47-32-20-19-31-46(47)38-67-52-50(59)48(39-62-33-41-21-9-4-10-22-41)68-57(61-2)54(52)66-37-45-29-17-8-18-30-45/h4-32,48-55,57-59H,3,33-40H2,1-2H3/t48-,49-,50-,51-,52+,53+,54-,55-,57+,58+/m1/s1. The summed E-state index contributed by atoms with van der Waals surface area (Å²) in [7, 11) is 1.53. The van der Waals surface area contributed by atoms with Gasteiger partial charge >= 0.3 is 5.97 Å². The number of carbonyl (C=O) groups excluding carboxylic acids is 1. The molecular formula is C58H64O12S. The Morgan fingerprint density at radius 1 is 0.493 bits per heavy atom. The predicted molar refractivity (Wildman–Crippen MR) is 270 cm³/mol. The molecule has 2 saturated heterocycles. The molecule has 6 aromatic carbocycles. The first-order chi connectivity index (χ1) is 35.0. The molecule has 12 nitrogen and oxygen atoms in total. The SMILES string of the molecule is CCS[C@@H]1O[C@H](COCc2ccccc2)[C@@H](OCc2ccccc2)[C@H](OCc2ccccc2)[C@H]1OC(=O)c1ccccc1CO[C@H]1[C@H](O)[C@@H](COCc2ccccc2)O[C@H](OC)[C@@H]1OCc1ccccc1. The molecule has 0 saturated carbocycles. The van der Waals surface area contributed by atoms with E-state index < -0.39 is 66.5 Å². The normalized spacial score (nSPS) is 24.3. The van der Waals surface area contributed by atoms with Crippen LogP contribution in [0.1, 0.15) is 50.7 Å². The monoisotopic (exact) mass is 984 g/mol. The van der Waals surface area contributed by atoms with Gasteiger partial charge in [-0.05, 0) is 45.2 Å². The van der Waals surface area contributed by atoms with Crippen molar-refractivity contribution in [3.63, 3.8) is 0 Å². The van der Waals surface area contributed by atoms with Crippen LogP contribution in [0.15, 0.2) is 176 Å². The van der Waals surface area contributed by atoms with Crippen molar-refractivity contribution in [3.8, 4) is 0 Å². The molecule has 8 rings (SSSR count). The molecule has 10 atom stereocenters. The van der Waals surface area contributed by atoms with Gasteiger partial charge in [0.2, 0.25) is 0 Å². The number of benzene rings is 6. The zero-order chi connectivity index (χ0) is 49.0.